The van der Waals surface area contributed by atoms with Crippen LogP contribution in [0.25, 0.3) is 0 Å². The fraction of sp³-hybridized carbons (Fsp3) is 0.458. The third-order valence-corrected chi connectivity index (χ3v) is 5.90. The maximum Gasteiger partial charge on any atom is 0.191 e. The van der Waals surface area contributed by atoms with Gasteiger partial charge in [0.2, 0.25) is 0 Å². The molecule has 6 nitrogen and oxygen atoms in total. The second-order valence-electron chi connectivity index (χ2n) is 8.06. The van der Waals surface area contributed by atoms with Crippen molar-refractivity contribution in [3.05, 3.63) is 65.5 Å². The molecule has 2 aromatic carbocycles. The second kappa shape index (κ2) is 10.6. The Morgan fingerprint density at radius 2 is 1.61 bits per heavy atom. The predicted octanol–water partition coefficient (Wildman–Crippen LogP) is 3.16. The highest BCUT2D eigenvalue weighted by molar-refractivity contribution is 5.78. The molecule has 2 aliphatic rings. The Kier molecular flexibility index (Phi) is 7.38. The van der Waals surface area contributed by atoms with Crippen LogP contribution in [0.3, 0.4) is 0 Å². The third-order valence-electron chi connectivity index (χ3n) is 5.90. The van der Waals surface area contributed by atoms with Gasteiger partial charge in [-0.05, 0) is 48.2 Å². The monoisotopic (exact) mass is 426 g/mol. The van der Waals surface area contributed by atoms with Gasteiger partial charge in [-0.25, -0.2) is 9.38 Å². The number of halogens is 1. The van der Waals surface area contributed by atoms with Crippen LogP contribution < -0.4 is 10.6 Å². The first-order chi connectivity index (χ1) is 15.2. The van der Waals surface area contributed by atoms with Crippen LogP contribution in [0, 0.1) is 5.82 Å². The van der Waals surface area contributed by atoms with Crippen molar-refractivity contribution in [3.63, 3.8) is 0 Å². The van der Waals surface area contributed by atoms with E-state index in [4.69, 9.17) is 15.2 Å². The van der Waals surface area contributed by atoms with Crippen LogP contribution in [-0.2, 0) is 22.6 Å². The van der Waals surface area contributed by atoms with Gasteiger partial charge in [0.1, 0.15) is 5.82 Å². The van der Waals surface area contributed by atoms with Gasteiger partial charge < -0.3 is 25.0 Å². The number of nitrogens with zero attached hydrogens (tertiary/aromatic N) is 3. The van der Waals surface area contributed by atoms with Gasteiger partial charge in [0.15, 0.2) is 5.96 Å². The van der Waals surface area contributed by atoms with Crippen molar-refractivity contribution in [1.82, 2.24) is 4.90 Å². The summed E-state index contributed by atoms with van der Waals surface area (Å²) in [5.74, 6) is 0.365. The van der Waals surface area contributed by atoms with E-state index in [1.807, 2.05) is 12.1 Å². The Morgan fingerprint density at radius 3 is 2.29 bits per heavy atom. The largest absolute Gasteiger partial charge is 0.381 e. The van der Waals surface area contributed by atoms with Gasteiger partial charge in [-0.3, -0.25) is 0 Å². The van der Waals surface area contributed by atoms with E-state index in [1.54, 1.807) is 0 Å². The zero-order valence-electron chi connectivity index (χ0n) is 17.9. The second-order valence-corrected chi connectivity index (χ2v) is 8.06. The minimum atomic E-state index is -0.210. The van der Waals surface area contributed by atoms with Crippen LogP contribution in [0.15, 0.2) is 53.5 Å². The number of nitrogens with two attached hydrogens (primary N) is 1. The molecule has 4 rings (SSSR count). The van der Waals surface area contributed by atoms with E-state index in [2.05, 4.69) is 39.1 Å². The summed E-state index contributed by atoms with van der Waals surface area (Å²) in [6, 6.07) is 15.0. The van der Waals surface area contributed by atoms with Crippen molar-refractivity contribution in [1.29, 1.82) is 0 Å². The highest BCUT2D eigenvalue weighted by Gasteiger charge is 2.18. The van der Waals surface area contributed by atoms with Crippen molar-refractivity contribution in [3.8, 4) is 0 Å². The Bertz CT molecular complexity index is 843. The summed E-state index contributed by atoms with van der Waals surface area (Å²) in [6.45, 7) is 6.06. The molecule has 0 unspecified atom stereocenters. The van der Waals surface area contributed by atoms with Crippen LogP contribution in [0.1, 0.15) is 24.0 Å². The fourth-order valence-electron chi connectivity index (χ4n) is 3.92. The zero-order chi connectivity index (χ0) is 21.5. The van der Waals surface area contributed by atoms with Gasteiger partial charge in [-0.1, -0.05) is 24.3 Å². The van der Waals surface area contributed by atoms with E-state index < -0.39 is 0 Å². The molecule has 31 heavy (non-hydrogen) atoms. The lowest BCUT2D eigenvalue weighted by atomic mass is 10.1. The van der Waals surface area contributed by atoms with Crippen LogP contribution >= 0.6 is 0 Å². The summed E-state index contributed by atoms with van der Waals surface area (Å²) >= 11 is 0. The molecule has 0 bridgehead atoms. The molecule has 2 fully saturated rings. The predicted molar refractivity (Wildman–Crippen MR) is 121 cm³/mol. The van der Waals surface area contributed by atoms with Gasteiger partial charge >= 0.3 is 0 Å². The number of piperazine rings is 1. The molecular formula is C24H31FN4O2. The molecule has 0 amide bonds. The Hall–Kier alpha value is -2.64. The van der Waals surface area contributed by atoms with Gasteiger partial charge in [0.25, 0.3) is 0 Å². The Labute approximate surface area is 183 Å². The molecule has 0 radical (unpaired) electrons. The van der Waals surface area contributed by atoms with Crippen LogP contribution in [0.4, 0.5) is 10.1 Å². The summed E-state index contributed by atoms with van der Waals surface area (Å²) in [7, 11) is 0. The van der Waals surface area contributed by atoms with Crippen LogP contribution in [0.2, 0.25) is 0 Å². The van der Waals surface area contributed by atoms with Gasteiger partial charge in [-0.2, -0.15) is 0 Å². The first kappa shape index (κ1) is 21.6. The standard InChI is InChI=1S/C24H31FN4O2/c25-21-5-7-22(8-6-21)28-11-13-29(14-12-28)24(26)27-17-19-1-3-20(4-2-19)18-31-23-9-15-30-16-10-23/h1-8,23H,9-18H2,(H2,26,27). The van der Waals surface area contributed by atoms with Crippen molar-refractivity contribution in [2.24, 2.45) is 10.7 Å². The molecule has 2 aromatic rings. The van der Waals surface area contributed by atoms with Gasteiger partial charge in [-0.15, -0.1) is 0 Å². The summed E-state index contributed by atoms with van der Waals surface area (Å²) in [6.07, 6.45) is 2.26. The minimum Gasteiger partial charge on any atom is -0.381 e. The quantitative estimate of drug-likeness (QED) is 0.568. The van der Waals surface area contributed by atoms with Gasteiger partial charge in [0.05, 0.1) is 19.3 Å². The molecule has 0 atom stereocenters. The number of anilines is 1. The molecule has 0 aliphatic carbocycles. The number of aliphatic imine (C=N–C) groups is 1. The lowest BCUT2D eigenvalue weighted by molar-refractivity contribution is -0.0390. The highest BCUT2D eigenvalue weighted by atomic mass is 19.1. The first-order valence-electron chi connectivity index (χ1n) is 11.0. The molecule has 2 N–H and O–H groups in total. The molecule has 0 spiro atoms. The molecule has 0 aromatic heterocycles. The molecular weight excluding hydrogens is 395 g/mol. The van der Waals surface area contributed by atoms with Gasteiger partial charge in [0, 0.05) is 45.1 Å². The summed E-state index contributed by atoms with van der Waals surface area (Å²) in [5.41, 5.74) is 9.58. The van der Waals surface area contributed by atoms with E-state index in [9.17, 15) is 4.39 Å². The SMILES string of the molecule is NC(=NCc1ccc(COC2CCOCC2)cc1)N1CCN(c2ccc(F)cc2)CC1. The van der Waals surface area contributed by atoms with Crippen molar-refractivity contribution in [2.75, 3.05) is 44.3 Å². The lowest BCUT2D eigenvalue weighted by Crippen LogP contribution is -2.51. The average molecular weight is 427 g/mol. The van der Waals surface area contributed by atoms with E-state index in [-0.39, 0.29) is 5.82 Å². The van der Waals surface area contributed by atoms with E-state index in [0.29, 0.717) is 25.2 Å². The molecule has 2 saturated heterocycles. The number of hydrogen-bond acceptors (Lipinski definition) is 4. The number of benzene rings is 2. The summed E-state index contributed by atoms with van der Waals surface area (Å²) in [4.78, 5) is 8.93. The van der Waals surface area contributed by atoms with Crippen molar-refractivity contribution < 1.29 is 13.9 Å². The van der Waals surface area contributed by atoms with Crippen molar-refractivity contribution in [2.45, 2.75) is 32.1 Å². The molecule has 7 heteroatoms. The smallest absolute Gasteiger partial charge is 0.191 e. The Morgan fingerprint density at radius 1 is 0.968 bits per heavy atom. The number of ether oxygens (including phenoxy) is 2. The normalized spacial score (nSPS) is 18.4. The number of guanidine groups is 1. The van der Waals surface area contributed by atoms with Crippen LogP contribution in [0.5, 0.6) is 0 Å². The summed E-state index contributed by atoms with van der Waals surface area (Å²) in [5, 5.41) is 0. The number of hydrogen-bond donors (Lipinski definition) is 1. The van der Waals surface area contributed by atoms with Crippen LogP contribution in [-0.4, -0.2) is 56.4 Å². The molecule has 166 valence electrons. The fourth-order valence-corrected chi connectivity index (χ4v) is 3.92. The topological polar surface area (TPSA) is 63.3 Å². The first-order valence-corrected chi connectivity index (χ1v) is 11.0. The molecule has 0 saturated carbocycles. The third kappa shape index (κ3) is 6.18. The Balaban J connectivity index is 1.22. The lowest BCUT2D eigenvalue weighted by Gasteiger charge is -2.36. The minimum absolute atomic E-state index is 0.210. The van der Waals surface area contributed by atoms with E-state index in [1.165, 1.54) is 17.7 Å². The summed E-state index contributed by atoms with van der Waals surface area (Å²) < 4.78 is 24.5. The molecule has 2 aliphatic heterocycles. The average Bonchev–Trinajstić information content (AvgIpc) is 2.83. The maximum atomic E-state index is 13.1. The van der Waals surface area contributed by atoms with E-state index >= 15 is 0 Å². The zero-order valence-corrected chi connectivity index (χ0v) is 17.9. The van der Waals surface area contributed by atoms with E-state index in [0.717, 1.165) is 63.5 Å². The van der Waals surface area contributed by atoms with Crippen molar-refractivity contribution >= 4 is 11.6 Å². The maximum absolute atomic E-state index is 13.1. The number of rotatable bonds is 6. The molecule has 2 heterocycles. The highest BCUT2D eigenvalue weighted by Crippen LogP contribution is 2.17.